The molecule has 3 heterocycles. The average molecular weight is 534 g/mol. The maximum Gasteiger partial charge on any atom is 0.410 e. The van der Waals surface area contributed by atoms with Crippen molar-refractivity contribution < 1.29 is 23.5 Å². The molecule has 3 rings (SSSR count). The zero-order chi connectivity index (χ0) is 28.2. The lowest BCUT2D eigenvalue weighted by atomic mass is 9.88. The van der Waals surface area contributed by atoms with Gasteiger partial charge in [-0.3, -0.25) is 5.10 Å². The Morgan fingerprint density at radius 3 is 2.32 bits per heavy atom. The standard InChI is InChI=1S/C26H40FN7O4/c1-9-16-13-18(14-17(10-2)34(16)25(36)38-26(5,6)7)33(8)24-29-21(23(35)37-11-3)20(27)22(30-24)28-19-12-15(4)31-32-19/h12,16-18H,9-11,13-14H2,1-8H3,(H2,28,29,30,31,32)/t16-,17+,18?. The Balaban J connectivity index is 1.94. The number of hydrogen-bond donors (Lipinski definition) is 2. The summed E-state index contributed by atoms with van der Waals surface area (Å²) in [7, 11) is 1.82. The maximum absolute atomic E-state index is 15.3. The molecule has 1 saturated heterocycles. The summed E-state index contributed by atoms with van der Waals surface area (Å²) in [6.45, 7) is 13.2. The van der Waals surface area contributed by atoms with E-state index in [1.54, 1.807) is 13.0 Å². The molecule has 1 aliphatic rings. The Morgan fingerprint density at radius 1 is 1.18 bits per heavy atom. The van der Waals surface area contributed by atoms with Crippen LogP contribution in [-0.4, -0.2) is 74.5 Å². The van der Waals surface area contributed by atoms with Crippen LogP contribution in [0.1, 0.15) is 83.4 Å². The molecule has 11 nitrogen and oxygen atoms in total. The van der Waals surface area contributed by atoms with Crippen LogP contribution in [0.4, 0.5) is 26.8 Å². The van der Waals surface area contributed by atoms with E-state index in [-0.39, 0.29) is 42.6 Å². The molecular formula is C26H40FN7O4. The normalized spacial score (nSPS) is 19.7. The van der Waals surface area contributed by atoms with Gasteiger partial charge < -0.3 is 24.6 Å². The lowest BCUT2D eigenvalue weighted by molar-refractivity contribution is -0.00938. The Morgan fingerprint density at radius 2 is 1.82 bits per heavy atom. The van der Waals surface area contributed by atoms with Gasteiger partial charge in [-0.05, 0) is 60.3 Å². The van der Waals surface area contributed by atoms with Crippen molar-refractivity contribution in [3.63, 3.8) is 0 Å². The first-order chi connectivity index (χ1) is 17.9. The van der Waals surface area contributed by atoms with Gasteiger partial charge in [0.05, 0.1) is 6.61 Å². The molecule has 0 spiro atoms. The van der Waals surface area contributed by atoms with Crippen molar-refractivity contribution in [3.05, 3.63) is 23.3 Å². The summed E-state index contributed by atoms with van der Waals surface area (Å²) in [5, 5.41) is 9.70. The molecule has 0 radical (unpaired) electrons. The maximum atomic E-state index is 15.3. The number of rotatable bonds is 8. The first kappa shape index (κ1) is 29.1. The molecule has 1 fully saturated rings. The van der Waals surface area contributed by atoms with Gasteiger partial charge in [-0.15, -0.1) is 0 Å². The number of likely N-dealkylation sites (tertiary alicyclic amines) is 1. The number of halogens is 1. The number of anilines is 3. The summed E-state index contributed by atoms with van der Waals surface area (Å²) in [6.07, 6.45) is 2.44. The van der Waals surface area contributed by atoms with Gasteiger partial charge in [-0.25, -0.2) is 19.0 Å². The topological polar surface area (TPSA) is 126 Å². The second-order valence-electron chi connectivity index (χ2n) is 10.6. The number of esters is 1. The van der Waals surface area contributed by atoms with E-state index in [2.05, 4.69) is 25.5 Å². The van der Waals surface area contributed by atoms with Gasteiger partial charge in [0.1, 0.15) is 5.60 Å². The Labute approximate surface area is 223 Å². The molecule has 210 valence electrons. The molecule has 38 heavy (non-hydrogen) atoms. The smallest absolute Gasteiger partial charge is 0.410 e. The van der Waals surface area contributed by atoms with E-state index in [1.807, 2.05) is 58.4 Å². The monoisotopic (exact) mass is 533 g/mol. The van der Waals surface area contributed by atoms with Crippen molar-refractivity contribution in [3.8, 4) is 0 Å². The second-order valence-corrected chi connectivity index (χ2v) is 10.6. The predicted octanol–water partition coefficient (Wildman–Crippen LogP) is 4.96. The third-order valence-corrected chi connectivity index (χ3v) is 6.55. The summed E-state index contributed by atoms with van der Waals surface area (Å²) in [4.78, 5) is 38.1. The highest BCUT2D eigenvalue weighted by Gasteiger charge is 2.41. The van der Waals surface area contributed by atoms with Gasteiger partial charge in [-0.1, -0.05) is 13.8 Å². The number of carbonyl (C=O) groups is 2. The van der Waals surface area contributed by atoms with Gasteiger partial charge >= 0.3 is 12.1 Å². The van der Waals surface area contributed by atoms with E-state index >= 15 is 4.39 Å². The van der Waals surface area contributed by atoms with Crippen LogP contribution in [0.2, 0.25) is 0 Å². The van der Waals surface area contributed by atoms with E-state index in [4.69, 9.17) is 9.47 Å². The highest BCUT2D eigenvalue weighted by atomic mass is 19.1. The van der Waals surface area contributed by atoms with E-state index in [0.717, 1.165) is 18.5 Å². The van der Waals surface area contributed by atoms with Crippen molar-refractivity contribution in [1.29, 1.82) is 0 Å². The molecule has 2 aromatic rings. The molecule has 1 unspecified atom stereocenters. The SMILES string of the molecule is CCOC(=O)c1nc(N(C)C2C[C@@H](CC)N(C(=O)OC(C)(C)C)[C@@H](CC)C2)nc(Nc2cc(C)[nH]n2)c1F. The Hall–Kier alpha value is -3.44. The highest BCUT2D eigenvalue weighted by Crippen LogP contribution is 2.33. The van der Waals surface area contributed by atoms with Gasteiger partial charge in [-0.2, -0.15) is 10.1 Å². The Kier molecular flexibility index (Phi) is 9.16. The van der Waals surface area contributed by atoms with Crippen molar-refractivity contribution in [2.24, 2.45) is 0 Å². The van der Waals surface area contributed by atoms with Crippen LogP contribution in [0.25, 0.3) is 0 Å². The van der Waals surface area contributed by atoms with Crippen LogP contribution in [0, 0.1) is 12.7 Å². The van der Waals surface area contributed by atoms with Crippen molar-refractivity contribution in [2.75, 3.05) is 23.9 Å². The van der Waals surface area contributed by atoms with E-state index in [9.17, 15) is 9.59 Å². The molecule has 2 N–H and O–H groups in total. The summed E-state index contributed by atoms with van der Waals surface area (Å²) in [6, 6.07) is 1.50. The second kappa shape index (κ2) is 12.0. The van der Waals surface area contributed by atoms with Gasteiger partial charge in [0.25, 0.3) is 0 Å². The summed E-state index contributed by atoms with van der Waals surface area (Å²) < 4.78 is 26.1. The summed E-state index contributed by atoms with van der Waals surface area (Å²) in [5.74, 6) is -1.45. The minimum atomic E-state index is -0.918. The van der Waals surface area contributed by atoms with E-state index in [0.29, 0.717) is 18.7 Å². The number of nitrogens with one attached hydrogen (secondary N) is 2. The quantitative estimate of drug-likeness (QED) is 0.453. The predicted molar refractivity (Wildman–Crippen MR) is 142 cm³/mol. The van der Waals surface area contributed by atoms with Crippen LogP contribution in [0.3, 0.4) is 0 Å². The van der Waals surface area contributed by atoms with Gasteiger partial charge in [0, 0.05) is 36.9 Å². The lowest BCUT2D eigenvalue weighted by Gasteiger charge is -2.47. The molecule has 1 amide bonds. The fourth-order valence-electron chi connectivity index (χ4n) is 4.68. The van der Waals surface area contributed by atoms with Crippen LogP contribution >= 0.6 is 0 Å². The molecular weight excluding hydrogens is 493 g/mol. The largest absolute Gasteiger partial charge is 0.461 e. The molecule has 0 aliphatic carbocycles. The third-order valence-electron chi connectivity index (χ3n) is 6.55. The number of aromatic amines is 1. The minimum absolute atomic E-state index is 0.0643. The highest BCUT2D eigenvalue weighted by molar-refractivity contribution is 5.89. The summed E-state index contributed by atoms with van der Waals surface area (Å²) in [5.41, 5.74) is -0.273. The van der Waals surface area contributed by atoms with Crippen LogP contribution in [0.15, 0.2) is 6.07 Å². The number of amides is 1. The number of aryl methyl sites for hydroxylation is 1. The third kappa shape index (κ3) is 6.70. The molecule has 3 atom stereocenters. The number of piperidine rings is 1. The number of aromatic nitrogens is 4. The minimum Gasteiger partial charge on any atom is -0.461 e. The van der Waals surface area contributed by atoms with Crippen molar-refractivity contribution in [1.82, 2.24) is 25.1 Å². The van der Waals surface area contributed by atoms with Crippen molar-refractivity contribution in [2.45, 2.75) is 97.9 Å². The molecule has 2 aromatic heterocycles. The van der Waals surface area contributed by atoms with Crippen LogP contribution in [0.5, 0.6) is 0 Å². The van der Waals surface area contributed by atoms with Crippen LogP contribution < -0.4 is 10.2 Å². The molecule has 12 heteroatoms. The fourth-order valence-corrected chi connectivity index (χ4v) is 4.68. The molecule has 0 aromatic carbocycles. The first-order valence-electron chi connectivity index (χ1n) is 13.2. The first-order valence-corrected chi connectivity index (χ1v) is 13.2. The van der Waals surface area contributed by atoms with E-state index in [1.165, 1.54) is 0 Å². The number of ether oxygens (including phenoxy) is 2. The Bertz CT molecular complexity index is 1120. The zero-order valence-electron chi connectivity index (χ0n) is 23.6. The molecule has 1 aliphatic heterocycles. The summed E-state index contributed by atoms with van der Waals surface area (Å²) >= 11 is 0. The van der Waals surface area contributed by atoms with Crippen LogP contribution in [-0.2, 0) is 9.47 Å². The molecule has 0 saturated carbocycles. The van der Waals surface area contributed by atoms with E-state index < -0.39 is 23.1 Å². The molecule has 0 bridgehead atoms. The number of nitrogens with zero attached hydrogens (tertiary/aromatic N) is 5. The number of hydrogen-bond acceptors (Lipinski definition) is 9. The van der Waals surface area contributed by atoms with Gasteiger partial charge in [0.15, 0.2) is 23.1 Å². The fraction of sp³-hybridized carbons (Fsp3) is 0.654. The average Bonchev–Trinajstić information content (AvgIpc) is 3.27. The number of carbonyl (C=O) groups excluding carboxylic acids is 2. The lowest BCUT2D eigenvalue weighted by Crippen LogP contribution is -2.57. The number of H-pyrrole nitrogens is 1. The van der Waals surface area contributed by atoms with Gasteiger partial charge in [0.2, 0.25) is 5.95 Å². The zero-order valence-corrected chi connectivity index (χ0v) is 23.6. The van der Waals surface area contributed by atoms with Crippen molar-refractivity contribution >= 4 is 29.6 Å².